The molecule has 1 aliphatic rings. The molecular formula is C29H30N2O8. The number of non-ortho nitro benzene ring substituents is 1. The van der Waals surface area contributed by atoms with Crippen molar-refractivity contribution < 1.29 is 33.4 Å². The van der Waals surface area contributed by atoms with Gasteiger partial charge in [-0.05, 0) is 56.2 Å². The van der Waals surface area contributed by atoms with Gasteiger partial charge in [0.25, 0.3) is 5.69 Å². The highest BCUT2D eigenvalue weighted by Gasteiger charge is 2.27. The summed E-state index contributed by atoms with van der Waals surface area (Å²) in [7, 11) is 4.24. The molecule has 0 bridgehead atoms. The molecule has 0 saturated heterocycles. The monoisotopic (exact) mass is 534 g/mol. The zero-order valence-corrected chi connectivity index (χ0v) is 22.6. The van der Waals surface area contributed by atoms with Gasteiger partial charge in [0.15, 0.2) is 11.5 Å². The summed E-state index contributed by atoms with van der Waals surface area (Å²) in [6.07, 6.45) is 1.30. The molecule has 0 radical (unpaired) electrons. The second-order valence-electron chi connectivity index (χ2n) is 9.49. The number of hydrogen-bond donors (Lipinski definition) is 1. The van der Waals surface area contributed by atoms with Crippen LogP contribution in [0.25, 0.3) is 16.7 Å². The first-order valence-corrected chi connectivity index (χ1v) is 12.1. The van der Waals surface area contributed by atoms with Crippen molar-refractivity contribution in [1.29, 1.82) is 0 Å². The number of hydrogen-bond acceptors (Lipinski definition) is 9. The van der Waals surface area contributed by atoms with Crippen LogP contribution in [0.5, 0.6) is 23.0 Å². The summed E-state index contributed by atoms with van der Waals surface area (Å²) in [6, 6.07) is 13.2. The Morgan fingerprint density at radius 3 is 2.33 bits per heavy atom. The van der Waals surface area contributed by atoms with Crippen molar-refractivity contribution in [2.75, 3.05) is 26.6 Å². The Balaban J connectivity index is 1.85. The van der Waals surface area contributed by atoms with Crippen molar-refractivity contribution in [2.24, 2.45) is 0 Å². The van der Waals surface area contributed by atoms with Crippen molar-refractivity contribution in [3.05, 3.63) is 75.8 Å². The van der Waals surface area contributed by atoms with Crippen LogP contribution in [0.4, 0.5) is 16.2 Å². The number of fused-ring (bicyclic) bond motifs is 1. The molecule has 39 heavy (non-hydrogen) atoms. The van der Waals surface area contributed by atoms with Crippen LogP contribution in [-0.2, 0) is 11.3 Å². The molecule has 10 heteroatoms. The molecule has 4 rings (SSSR count). The number of methoxy groups -OCH3 is 3. The molecule has 3 aromatic carbocycles. The fraction of sp³-hybridized carbons (Fsp3) is 0.276. The lowest BCUT2D eigenvalue weighted by Crippen LogP contribution is -2.32. The van der Waals surface area contributed by atoms with Crippen LogP contribution in [0.1, 0.15) is 31.9 Å². The molecule has 204 valence electrons. The summed E-state index contributed by atoms with van der Waals surface area (Å²) in [6.45, 7) is 6.28. The third-order valence-electron chi connectivity index (χ3n) is 6.30. The molecule has 0 unspecified atom stereocenters. The van der Waals surface area contributed by atoms with Crippen LogP contribution in [0.3, 0.4) is 0 Å². The lowest BCUT2D eigenvalue weighted by Gasteiger charge is -2.33. The maximum Gasteiger partial charge on any atom is 0.513 e. The van der Waals surface area contributed by atoms with Crippen molar-refractivity contribution in [3.8, 4) is 34.1 Å². The highest BCUT2D eigenvalue weighted by atomic mass is 16.7. The molecule has 10 nitrogen and oxygen atoms in total. The van der Waals surface area contributed by atoms with Crippen LogP contribution in [0, 0.1) is 10.1 Å². The zero-order chi connectivity index (χ0) is 28.3. The van der Waals surface area contributed by atoms with Crippen LogP contribution in [0.15, 0.2) is 54.6 Å². The molecule has 0 fully saturated rings. The number of nitro benzene ring substituents is 1. The number of carbonyl (C=O) groups excluding carboxylic acids is 1. The number of benzene rings is 3. The first kappa shape index (κ1) is 27.3. The van der Waals surface area contributed by atoms with Gasteiger partial charge in [-0.25, -0.2) is 4.79 Å². The topological polar surface area (TPSA) is 118 Å². The van der Waals surface area contributed by atoms with E-state index in [4.69, 9.17) is 18.9 Å². The van der Waals surface area contributed by atoms with Crippen LogP contribution < -0.4 is 24.3 Å². The SMILES string of the molecule is COC(=O)Oc1ccc(-c2ccc3c(c2COc2cc([N+](=O)[O-])ccc2OC)C(C)=CC(C)(C)N3)c(OC)c1. The van der Waals surface area contributed by atoms with E-state index in [1.807, 2.05) is 19.1 Å². The van der Waals surface area contributed by atoms with E-state index in [9.17, 15) is 14.9 Å². The molecule has 1 heterocycles. The second-order valence-corrected chi connectivity index (χ2v) is 9.49. The van der Waals surface area contributed by atoms with E-state index in [2.05, 4.69) is 30.0 Å². The summed E-state index contributed by atoms with van der Waals surface area (Å²) in [5, 5.41) is 14.9. The minimum Gasteiger partial charge on any atom is -0.496 e. The van der Waals surface area contributed by atoms with E-state index in [0.717, 1.165) is 33.5 Å². The van der Waals surface area contributed by atoms with E-state index in [0.29, 0.717) is 11.5 Å². The first-order chi connectivity index (χ1) is 18.6. The quantitative estimate of drug-likeness (QED) is 0.147. The van der Waals surface area contributed by atoms with Gasteiger partial charge >= 0.3 is 6.16 Å². The second kappa shape index (κ2) is 10.9. The number of nitro groups is 1. The van der Waals surface area contributed by atoms with Crippen LogP contribution >= 0.6 is 0 Å². The minimum absolute atomic E-state index is 0.0763. The molecular weight excluding hydrogens is 504 g/mol. The van der Waals surface area contributed by atoms with E-state index in [1.54, 1.807) is 18.2 Å². The predicted octanol–water partition coefficient (Wildman–Crippen LogP) is 6.61. The average Bonchev–Trinajstić information content (AvgIpc) is 2.90. The Hall–Kier alpha value is -4.73. The Kier molecular flexibility index (Phi) is 7.66. The van der Waals surface area contributed by atoms with Crippen molar-refractivity contribution in [1.82, 2.24) is 0 Å². The standard InChI is InChI=1S/C29H30N2O8/c1-17-15-29(2,3)30-23-11-10-20(21-9-8-19(14-25(21)36-5)39-28(32)37-6)22(27(17)23)16-38-26-13-18(31(33)34)7-12-24(26)35-4/h7-15,30H,16H2,1-6H3. The summed E-state index contributed by atoms with van der Waals surface area (Å²) in [4.78, 5) is 22.5. The van der Waals surface area contributed by atoms with Gasteiger partial charge in [-0.1, -0.05) is 12.1 Å². The van der Waals surface area contributed by atoms with Crippen LogP contribution in [0.2, 0.25) is 0 Å². The maximum atomic E-state index is 11.6. The molecule has 1 N–H and O–H groups in total. The van der Waals surface area contributed by atoms with Crippen LogP contribution in [-0.4, -0.2) is 37.9 Å². The third kappa shape index (κ3) is 5.74. The lowest BCUT2D eigenvalue weighted by atomic mass is 9.85. The molecule has 0 atom stereocenters. The number of carbonyl (C=O) groups is 1. The van der Waals surface area contributed by atoms with Gasteiger partial charge in [-0.3, -0.25) is 10.1 Å². The Morgan fingerprint density at radius 1 is 0.949 bits per heavy atom. The van der Waals surface area contributed by atoms with E-state index >= 15 is 0 Å². The van der Waals surface area contributed by atoms with Gasteiger partial charge in [0.1, 0.15) is 18.1 Å². The predicted molar refractivity (Wildman–Crippen MR) is 147 cm³/mol. The van der Waals surface area contributed by atoms with Crippen molar-refractivity contribution >= 4 is 23.1 Å². The van der Waals surface area contributed by atoms with E-state index in [-0.39, 0.29) is 29.3 Å². The van der Waals surface area contributed by atoms with Gasteiger partial charge in [-0.15, -0.1) is 0 Å². The maximum absolute atomic E-state index is 11.6. The van der Waals surface area contributed by atoms with Gasteiger partial charge < -0.3 is 29.0 Å². The van der Waals surface area contributed by atoms with Crippen molar-refractivity contribution in [2.45, 2.75) is 32.9 Å². The van der Waals surface area contributed by atoms with E-state index < -0.39 is 11.1 Å². The highest BCUT2D eigenvalue weighted by molar-refractivity contribution is 5.88. The number of allylic oxidation sites excluding steroid dienone is 1. The number of nitrogens with one attached hydrogen (secondary N) is 1. The fourth-order valence-corrected chi connectivity index (χ4v) is 4.74. The molecule has 1 aliphatic heterocycles. The average molecular weight is 535 g/mol. The zero-order valence-electron chi connectivity index (χ0n) is 22.6. The smallest absolute Gasteiger partial charge is 0.496 e. The number of nitrogens with zero attached hydrogens (tertiary/aromatic N) is 1. The molecule has 0 aromatic heterocycles. The lowest BCUT2D eigenvalue weighted by molar-refractivity contribution is -0.385. The summed E-state index contributed by atoms with van der Waals surface area (Å²) in [5.41, 5.74) is 4.94. The number of ether oxygens (including phenoxy) is 5. The molecule has 0 spiro atoms. The van der Waals surface area contributed by atoms with Gasteiger partial charge in [0.2, 0.25) is 0 Å². The molecule has 3 aromatic rings. The number of rotatable bonds is 8. The van der Waals surface area contributed by atoms with Gasteiger partial charge in [-0.2, -0.15) is 0 Å². The Morgan fingerprint density at radius 2 is 1.67 bits per heavy atom. The molecule has 0 amide bonds. The Labute approximate surface area is 226 Å². The largest absolute Gasteiger partial charge is 0.513 e. The highest BCUT2D eigenvalue weighted by Crippen LogP contribution is 2.44. The fourth-order valence-electron chi connectivity index (χ4n) is 4.74. The Bertz CT molecular complexity index is 1460. The summed E-state index contributed by atoms with van der Waals surface area (Å²) in [5.74, 6) is 1.35. The summed E-state index contributed by atoms with van der Waals surface area (Å²) >= 11 is 0. The van der Waals surface area contributed by atoms with Gasteiger partial charge in [0, 0.05) is 34.5 Å². The van der Waals surface area contributed by atoms with E-state index in [1.165, 1.54) is 39.5 Å². The number of anilines is 1. The summed E-state index contributed by atoms with van der Waals surface area (Å²) < 4.78 is 27.0. The van der Waals surface area contributed by atoms with Gasteiger partial charge in [0.05, 0.1) is 37.9 Å². The third-order valence-corrected chi connectivity index (χ3v) is 6.30. The molecule has 0 saturated carbocycles. The first-order valence-electron chi connectivity index (χ1n) is 12.1. The molecule has 0 aliphatic carbocycles. The normalized spacial score (nSPS) is 13.3. The van der Waals surface area contributed by atoms with Crippen molar-refractivity contribution in [3.63, 3.8) is 0 Å². The minimum atomic E-state index is -0.840.